The van der Waals surface area contributed by atoms with Crippen LogP contribution in [0.15, 0.2) is 109 Å². The third-order valence-corrected chi connectivity index (χ3v) is 8.43. The van der Waals surface area contributed by atoms with Crippen LogP contribution in [0, 0.1) is 0 Å². The highest BCUT2D eigenvalue weighted by molar-refractivity contribution is 5.95. The molecule has 8 nitrogen and oxygen atoms in total. The molecule has 0 fully saturated rings. The molecule has 0 spiro atoms. The summed E-state index contributed by atoms with van der Waals surface area (Å²) in [7, 11) is 5.07. The fourth-order valence-electron chi connectivity index (χ4n) is 5.52. The number of hydrogen-bond donors (Lipinski definition) is 1. The summed E-state index contributed by atoms with van der Waals surface area (Å²) in [4.78, 5) is 51.1. The second kappa shape index (κ2) is 16.1. The number of fused-ring (bicyclic) bond motifs is 1. The van der Waals surface area contributed by atoms with Gasteiger partial charge in [0.05, 0.1) is 0 Å². The predicted octanol–water partition coefficient (Wildman–Crippen LogP) is 5.06. The molecule has 4 aromatic rings. The number of amides is 3. The zero-order valence-corrected chi connectivity index (χ0v) is 28.2. The fraction of sp³-hybridized carbons (Fsp3) is 0.333. The Labute approximate surface area is 278 Å². The van der Waals surface area contributed by atoms with Gasteiger partial charge in [-0.15, -0.1) is 0 Å². The van der Waals surface area contributed by atoms with Gasteiger partial charge in [0.2, 0.25) is 17.7 Å². The molecular formula is C39H47N5O3. The van der Waals surface area contributed by atoms with Crippen LogP contribution in [0.3, 0.4) is 0 Å². The molecule has 47 heavy (non-hydrogen) atoms. The van der Waals surface area contributed by atoms with Gasteiger partial charge < -0.3 is 20.4 Å². The first-order valence-electron chi connectivity index (χ1n) is 16.1. The van der Waals surface area contributed by atoms with Crippen molar-refractivity contribution in [3.8, 4) is 0 Å². The third-order valence-electron chi connectivity index (χ3n) is 8.43. The lowest BCUT2D eigenvalue weighted by Gasteiger charge is -2.36. The van der Waals surface area contributed by atoms with Crippen LogP contribution in [-0.4, -0.2) is 82.7 Å². The second-order valence-electron chi connectivity index (χ2n) is 12.9. The zero-order chi connectivity index (χ0) is 34.0. The summed E-state index contributed by atoms with van der Waals surface area (Å²) >= 11 is 0. The molecule has 3 aromatic carbocycles. The van der Waals surface area contributed by atoms with E-state index in [4.69, 9.17) is 5.73 Å². The summed E-state index contributed by atoms with van der Waals surface area (Å²) in [6.45, 7) is 4.23. The number of carbonyl (C=O) groups is 3. The average Bonchev–Trinajstić information content (AvgIpc) is 3.07. The number of likely N-dealkylation sites (N-methyl/N-ethyl adjacent to an activating group) is 3. The van der Waals surface area contributed by atoms with Crippen LogP contribution in [0.5, 0.6) is 0 Å². The molecule has 0 aliphatic heterocycles. The summed E-state index contributed by atoms with van der Waals surface area (Å²) in [5.74, 6) is -0.793. The van der Waals surface area contributed by atoms with E-state index >= 15 is 0 Å². The number of rotatable bonds is 14. The van der Waals surface area contributed by atoms with Crippen LogP contribution in [0.4, 0.5) is 0 Å². The average molecular weight is 634 g/mol. The minimum atomic E-state index is -0.853. The minimum Gasteiger partial charge on any atom is -0.344 e. The minimum absolute atomic E-state index is 0.177. The number of pyridine rings is 1. The highest BCUT2D eigenvalue weighted by Crippen LogP contribution is 2.21. The first-order valence-corrected chi connectivity index (χ1v) is 16.1. The lowest BCUT2D eigenvalue weighted by Crippen LogP contribution is -2.56. The van der Waals surface area contributed by atoms with Crippen molar-refractivity contribution in [3.05, 3.63) is 126 Å². The molecule has 1 aromatic heterocycles. The Bertz CT molecular complexity index is 1670. The molecule has 1 unspecified atom stereocenters. The lowest BCUT2D eigenvalue weighted by molar-refractivity contribution is -0.148. The summed E-state index contributed by atoms with van der Waals surface area (Å²) in [5.41, 5.74) is 8.39. The molecule has 0 radical (unpaired) electrons. The van der Waals surface area contributed by atoms with Gasteiger partial charge in [-0.3, -0.25) is 19.4 Å². The van der Waals surface area contributed by atoms with E-state index in [1.54, 1.807) is 38.3 Å². The summed E-state index contributed by atoms with van der Waals surface area (Å²) < 4.78 is 0. The Morgan fingerprint density at radius 1 is 0.766 bits per heavy atom. The van der Waals surface area contributed by atoms with Crippen molar-refractivity contribution in [3.63, 3.8) is 0 Å². The lowest BCUT2D eigenvalue weighted by atomic mass is 9.98. The van der Waals surface area contributed by atoms with Gasteiger partial charge in [-0.05, 0) is 60.4 Å². The highest BCUT2D eigenvalue weighted by atomic mass is 16.2. The Morgan fingerprint density at radius 3 is 2.09 bits per heavy atom. The number of benzene rings is 3. The summed E-state index contributed by atoms with van der Waals surface area (Å²) in [6, 6.07) is 27.9. The summed E-state index contributed by atoms with van der Waals surface area (Å²) in [5, 5.41) is 2.14. The smallest absolute Gasteiger partial charge is 0.246 e. The zero-order valence-electron chi connectivity index (χ0n) is 28.2. The normalized spacial score (nSPS) is 12.9. The van der Waals surface area contributed by atoms with Crippen molar-refractivity contribution < 1.29 is 14.4 Å². The van der Waals surface area contributed by atoms with Crippen LogP contribution >= 0.6 is 0 Å². The molecule has 0 saturated carbocycles. The molecule has 0 aliphatic carbocycles. The number of aromatic nitrogens is 1. The van der Waals surface area contributed by atoms with E-state index in [0.29, 0.717) is 25.8 Å². The van der Waals surface area contributed by atoms with Crippen molar-refractivity contribution in [2.75, 3.05) is 27.7 Å². The Kier molecular flexibility index (Phi) is 12.0. The number of hydrogen-bond acceptors (Lipinski definition) is 5. The van der Waals surface area contributed by atoms with Crippen molar-refractivity contribution in [1.82, 2.24) is 19.7 Å². The van der Waals surface area contributed by atoms with E-state index in [1.807, 2.05) is 98.8 Å². The molecule has 0 bridgehead atoms. The maximum atomic E-state index is 14.5. The number of nitrogens with two attached hydrogens (primary N) is 1. The van der Waals surface area contributed by atoms with Crippen molar-refractivity contribution >= 4 is 28.5 Å². The van der Waals surface area contributed by atoms with Gasteiger partial charge >= 0.3 is 0 Å². The molecule has 2 atom stereocenters. The highest BCUT2D eigenvalue weighted by Gasteiger charge is 2.36. The quantitative estimate of drug-likeness (QED) is 0.196. The molecule has 8 heteroatoms. The van der Waals surface area contributed by atoms with Crippen molar-refractivity contribution in [1.29, 1.82) is 0 Å². The third kappa shape index (κ3) is 10.1. The SMILES string of the molecule is CN(CCc1ccccn1)C(=O)[C@@H](Cc1ccccc1)N(C)C(=O)C(Cc1ccc2ccccc2c1)N(C)C(=O)C=CCC(C)(C)N. The fourth-order valence-corrected chi connectivity index (χ4v) is 5.52. The molecule has 3 amide bonds. The Morgan fingerprint density at radius 2 is 1.40 bits per heavy atom. The summed E-state index contributed by atoms with van der Waals surface area (Å²) in [6.07, 6.45) is 6.68. The van der Waals surface area contributed by atoms with E-state index < -0.39 is 17.6 Å². The topological polar surface area (TPSA) is 99.8 Å². The Balaban J connectivity index is 1.64. The van der Waals surface area contributed by atoms with Gasteiger partial charge in [0.15, 0.2) is 0 Å². The molecule has 0 saturated heterocycles. The monoisotopic (exact) mass is 633 g/mol. The first kappa shape index (κ1) is 35.0. The van der Waals surface area contributed by atoms with Crippen LogP contribution < -0.4 is 5.73 Å². The van der Waals surface area contributed by atoms with E-state index in [1.165, 1.54) is 15.9 Å². The largest absolute Gasteiger partial charge is 0.344 e. The number of nitrogens with zero attached hydrogens (tertiary/aromatic N) is 4. The van der Waals surface area contributed by atoms with E-state index in [0.717, 1.165) is 27.6 Å². The predicted molar refractivity (Wildman–Crippen MR) is 189 cm³/mol. The standard InChI is InChI=1S/C39H47N5O3/c1-39(2,40)23-13-19-36(45)43(4)35(28-30-20-21-31-16-9-10-17-32(31)26-30)38(47)44(5)34(27-29-14-7-6-8-15-29)37(46)42(3)25-22-33-18-11-12-24-41-33/h6-21,24,26,34-35H,22-23,25,27-28,40H2,1-5H3/t34-,35?/m1/s1. The van der Waals surface area contributed by atoms with Gasteiger partial charge in [0.1, 0.15) is 12.1 Å². The molecule has 1 heterocycles. The molecule has 0 aliphatic rings. The van der Waals surface area contributed by atoms with Crippen LogP contribution in [-0.2, 0) is 33.6 Å². The van der Waals surface area contributed by atoms with Gasteiger partial charge in [-0.25, -0.2) is 0 Å². The van der Waals surface area contributed by atoms with Crippen molar-refractivity contribution in [2.24, 2.45) is 5.73 Å². The van der Waals surface area contributed by atoms with Gasteiger partial charge in [0, 0.05) is 64.4 Å². The Hall–Kier alpha value is -4.82. The van der Waals surface area contributed by atoms with Crippen LogP contribution in [0.2, 0.25) is 0 Å². The van der Waals surface area contributed by atoms with E-state index in [-0.39, 0.29) is 24.1 Å². The number of carbonyl (C=O) groups excluding carboxylic acids is 3. The van der Waals surface area contributed by atoms with E-state index in [9.17, 15) is 14.4 Å². The molecule has 2 N–H and O–H groups in total. The van der Waals surface area contributed by atoms with Gasteiger partial charge in [-0.1, -0.05) is 84.9 Å². The molecular weight excluding hydrogens is 586 g/mol. The van der Waals surface area contributed by atoms with Crippen LogP contribution in [0.1, 0.15) is 37.1 Å². The van der Waals surface area contributed by atoms with Crippen molar-refractivity contribution in [2.45, 2.75) is 57.2 Å². The maximum Gasteiger partial charge on any atom is 0.246 e. The first-order chi connectivity index (χ1) is 22.4. The van der Waals surface area contributed by atoms with Gasteiger partial charge in [-0.2, -0.15) is 0 Å². The van der Waals surface area contributed by atoms with Crippen LogP contribution in [0.25, 0.3) is 10.8 Å². The molecule has 246 valence electrons. The molecule has 4 rings (SSSR count). The van der Waals surface area contributed by atoms with Gasteiger partial charge in [0.25, 0.3) is 0 Å². The second-order valence-corrected chi connectivity index (χ2v) is 12.9. The van der Waals surface area contributed by atoms with E-state index in [2.05, 4.69) is 11.1 Å². The maximum absolute atomic E-state index is 14.5.